The van der Waals surface area contributed by atoms with Crippen LogP contribution in [0.25, 0.3) is 0 Å². The van der Waals surface area contributed by atoms with Crippen molar-refractivity contribution in [3.05, 3.63) is 58.5 Å². The predicted molar refractivity (Wildman–Crippen MR) is 109 cm³/mol. The molecule has 162 valence electrons. The number of nitrogens with zero attached hydrogens (tertiary/aromatic N) is 3. The van der Waals surface area contributed by atoms with E-state index in [2.05, 4.69) is 14.9 Å². The summed E-state index contributed by atoms with van der Waals surface area (Å²) in [7, 11) is -4.17. The van der Waals surface area contributed by atoms with E-state index in [4.69, 9.17) is 20.9 Å². The van der Waals surface area contributed by atoms with Crippen LogP contribution in [0.4, 0.5) is 15.8 Å². The van der Waals surface area contributed by atoms with E-state index in [1.54, 1.807) is 13.8 Å². The number of nitrogens with one attached hydrogen (secondary N) is 1. The monoisotopic (exact) mass is 466 g/mol. The van der Waals surface area contributed by atoms with E-state index in [-0.39, 0.29) is 51.9 Å². The Labute approximate surface area is 181 Å². The summed E-state index contributed by atoms with van der Waals surface area (Å²) in [5.74, 6) is -0.177. The van der Waals surface area contributed by atoms with Crippen LogP contribution in [0.15, 0.2) is 39.8 Å². The van der Waals surface area contributed by atoms with Gasteiger partial charge in [-0.15, -0.1) is 0 Å². The van der Waals surface area contributed by atoms with Crippen LogP contribution in [0.1, 0.15) is 17.3 Å². The smallest absolute Gasteiger partial charge is 0.265 e. The molecular weight excluding hydrogens is 451 g/mol. The number of aromatic nitrogens is 2. The third-order valence-corrected chi connectivity index (χ3v) is 6.39. The first kappa shape index (κ1) is 21.1. The minimum absolute atomic E-state index is 0.00411. The van der Waals surface area contributed by atoms with Gasteiger partial charge in [-0.3, -0.25) is 14.4 Å². The number of amides is 1. The predicted octanol–water partition coefficient (Wildman–Crippen LogP) is 3.21. The average molecular weight is 467 g/mol. The van der Waals surface area contributed by atoms with Gasteiger partial charge in [-0.1, -0.05) is 22.8 Å². The number of fused-ring (bicyclic) bond motifs is 1. The molecule has 3 aromatic rings. The van der Waals surface area contributed by atoms with Gasteiger partial charge in [-0.05, 0) is 30.7 Å². The van der Waals surface area contributed by atoms with Gasteiger partial charge in [0.05, 0.1) is 22.9 Å². The number of halogens is 2. The Morgan fingerprint density at radius 3 is 2.71 bits per heavy atom. The van der Waals surface area contributed by atoms with Gasteiger partial charge in [0.2, 0.25) is 5.89 Å². The summed E-state index contributed by atoms with van der Waals surface area (Å²) in [5.41, 5.74) is 0.691. The number of rotatable bonds is 5. The Bertz CT molecular complexity index is 1290. The molecule has 31 heavy (non-hydrogen) atoms. The molecule has 0 unspecified atom stereocenters. The zero-order valence-electron chi connectivity index (χ0n) is 16.3. The van der Waals surface area contributed by atoms with Gasteiger partial charge in [-0.2, -0.15) is 4.98 Å². The van der Waals surface area contributed by atoms with Crippen molar-refractivity contribution < 1.29 is 26.9 Å². The van der Waals surface area contributed by atoms with Gasteiger partial charge in [0, 0.05) is 13.0 Å². The van der Waals surface area contributed by atoms with Crippen molar-refractivity contribution in [1.29, 1.82) is 0 Å². The van der Waals surface area contributed by atoms with Crippen LogP contribution in [-0.2, 0) is 21.4 Å². The molecule has 0 spiro atoms. The topological polar surface area (TPSA) is 115 Å². The Balaban J connectivity index is 1.68. The highest BCUT2D eigenvalue weighted by atomic mass is 35.5. The lowest BCUT2D eigenvalue weighted by atomic mass is 10.2. The van der Waals surface area contributed by atoms with E-state index in [9.17, 15) is 17.6 Å². The van der Waals surface area contributed by atoms with Crippen LogP contribution in [-0.4, -0.2) is 31.1 Å². The average Bonchev–Trinajstić information content (AvgIpc) is 3.11. The third kappa shape index (κ3) is 4.19. The van der Waals surface area contributed by atoms with Gasteiger partial charge >= 0.3 is 0 Å². The SMILES string of the molecule is Cc1nc(CN2C(=O)COc3cc(S(=O)(=O)Nc4ccc(C)c(F)c4)c(Cl)cc32)no1. The van der Waals surface area contributed by atoms with Gasteiger partial charge in [-0.25, -0.2) is 12.8 Å². The van der Waals surface area contributed by atoms with Crippen LogP contribution in [0.2, 0.25) is 5.02 Å². The highest BCUT2D eigenvalue weighted by Gasteiger charge is 2.30. The fourth-order valence-corrected chi connectivity index (χ4v) is 4.58. The van der Waals surface area contributed by atoms with E-state index in [1.165, 1.54) is 29.2 Å². The second-order valence-electron chi connectivity index (χ2n) is 6.82. The van der Waals surface area contributed by atoms with Crippen molar-refractivity contribution in [3.63, 3.8) is 0 Å². The lowest BCUT2D eigenvalue weighted by Gasteiger charge is -2.29. The van der Waals surface area contributed by atoms with Crippen molar-refractivity contribution in [2.24, 2.45) is 0 Å². The summed E-state index contributed by atoms with van der Waals surface area (Å²) in [4.78, 5) is 17.5. The molecule has 9 nitrogen and oxygen atoms in total. The first-order valence-corrected chi connectivity index (χ1v) is 10.8. The standard InChI is InChI=1S/C19H16ClFN4O5S/c1-10-3-4-12(5-14(10)21)24-31(27,28)17-7-16-15(6-13(17)20)25(19(26)9-29-16)8-18-22-11(2)30-23-18/h3-7,24H,8-9H2,1-2H3. The molecule has 0 saturated heterocycles. The Hall–Kier alpha value is -3.18. The summed E-state index contributed by atoms with van der Waals surface area (Å²) >= 11 is 6.25. The highest BCUT2D eigenvalue weighted by Crippen LogP contribution is 2.39. The molecule has 0 aliphatic carbocycles. The summed E-state index contributed by atoms with van der Waals surface area (Å²) in [6, 6.07) is 6.49. The highest BCUT2D eigenvalue weighted by molar-refractivity contribution is 7.92. The normalized spacial score (nSPS) is 13.7. The zero-order chi connectivity index (χ0) is 22.3. The summed E-state index contributed by atoms with van der Waals surface area (Å²) in [6.45, 7) is 2.87. The number of hydrogen-bond donors (Lipinski definition) is 1. The molecule has 1 aliphatic heterocycles. The van der Waals surface area contributed by atoms with Gasteiger partial charge in [0.15, 0.2) is 12.4 Å². The second-order valence-corrected chi connectivity index (χ2v) is 8.88. The largest absolute Gasteiger partial charge is 0.482 e. The number of sulfonamides is 1. The molecule has 1 amide bonds. The lowest BCUT2D eigenvalue weighted by Crippen LogP contribution is -2.38. The van der Waals surface area contributed by atoms with Gasteiger partial charge < -0.3 is 9.26 Å². The summed E-state index contributed by atoms with van der Waals surface area (Å²) < 4.78 is 52.1. The number of aryl methyl sites for hydroxylation is 2. The van der Waals surface area contributed by atoms with Crippen LogP contribution in [0.3, 0.4) is 0 Å². The van der Waals surface area contributed by atoms with Crippen molar-refractivity contribution in [3.8, 4) is 5.75 Å². The molecule has 2 aromatic carbocycles. The van der Waals surface area contributed by atoms with E-state index in [0.29, 0.717) is 11.5 Å². The Morgan fingerprint density at radius 2 is 2.03 bits per heavy atom. The summed E-state index contributed by atoms with van der Waals surface area (Å²) in [5, 5.41) is 3.62. The Kier molecular flexibility index (Phi) is 5.31. The summed E-state index contributed by atoms with van der Waals surface area (Å²) in [6.07, 6.45) is 0. The number of carbonyl (C=O) groups excluding carboxylic acids is 1. The van der Waals surface area contributed by atoms with Gasteiger partial charge in [0.1, 0.15) is 16.5 Å². The molecule has 0 bridgehead atoms. The number of benzene rings is 2. The lowest BCUT2D eigenvalue weighted by molar-refractivity contribution is -0.121. The molecule has 1 aromatic heterocycles. The maximum atomic E-state index is 13.8. The maximum absolute atomic E-state index is 13.8. The molecule has 0 saturated carbocycles. The zero-order valence-corrected chi connectivity index (χ0v) is 17.9. The second kappa shape index (κ2) is 7.82. The Morgan fingerprint density at radius 1 is 1.26 bits per heavy atom. The number of hydrogen-bond acceptors (Lipinski definition) is 7. The minimum Gasteiger partial charge on any atom is -0.482 e. The molecule has 2 heterocycles. The van der Waals surface area contributed by atoms with Crippen molar-refractivity contribution in [2.45, 2.75) is 25.3 Å². The van der Waals surface area contributed by atoms with Crippen LogP contribution in [0.5, 0.6) is 5.75 Å². The van der Waals surface area contributed by atoms with Crippen LogP contribution < -0.4 is 14.4 Å². The minimum atomic E-state index is -4.17. The maximum Gasteiger partial charge on any atom is 0.265 e. The van der Waals surface area contributed by atoms with E-state index >= 15 is 0 Å². The quantitative estimate of drug-likeness (QED) is 0.614. The first-order chi connectivity index (χ1) is 14.6. The van der Waals surface area contributed by atoms with Crippen molar-refractivity contribution in [2.75, 3.05) is 16.2 Å². The molecule has 0 radical (unpaired) electrons. The number of ether oxygens (including phenoxy) is 1. The first-order valence-electron chi connectivity index (χ1n) is 8.99. The molecule has 12 heteroatoms. The molecule has 0 fully saturated rings. The van der Waals surface area contributed by atoms with E-state index < -0.39 is 15.8 Å². The fourth-order valence-electron chi connectivity index (χ4n) is 3.00. The number of anilines is 2. The fraction of sp³-hybridized carbons (Fsp3) is 0.211. The third-order valence-electron chi connectivity index (χ3n) is 4.54. The van der Waals surface area contributed by atoms with Crippen LogP contribution >= 0.6 is 11.6 Å². The molecule has 1 N–H and O–H groups in total. The molecule has 4 rings (SSSR count). The van der Waals surface area contributed by atoms with Gasteiger partial charge in [0.25, 0.3) is 15.9 Å². The van der Waals surface area contributed by atoms with Crippen molar-refractivity contribution >= 4 is 38.9 Å². The molecule has 1 aliphatic rings. The molecular formula is C19H16ClFN4O5S. The van der Waals surface area contributed by atoms with E-state index in [1.807, 2.05) is 0 Å². The number of carbonyl (C=O) groups is 1. The van der Waals surface area contributed by atoms with E-state index in [0.717, 1.165) is 6.07 Å². The van der Waals surface area contributed by atoms with Crippen molar-refractivity contribution in [1.82, 2.24) is 10.1 Å². The van der Waals surface area contributed by atoms with Crippen LogP contribution in [0, 0.1) is 19.7 Å². The molecule has 0 atom stereocenters.